The van der Waals surface area contributed by atoms with Gasteiger partial charge in [0.25, 0.3) is 0 Å². The van der Waals surface area contributed by atoms with Crippen LogP contribution in [0, 0.1) is 0 Å². The molecule has 0 atom stereocenters. The first-order valence-corrected chi connectivity index (χ1v) is 4.30. The van der Waals surface area contributed by atoms with E-state index in [0.717, 1.165) is 15.8 Å². The molecule has 1 aromatic carbocycles. The summed E-state index contributed by atoms with van der Waals surface area (Å²) in [6.45, 7) is 0. The van der Waals surface area contributed by atoms with Crippen LogP contribution in [0.4, 0.5) is 0 Å². The van der Waals surface area contributed by atoms with Crippen LogP contribution in [0.1, 0.15) is 1.43 Å². The summed E-state index contributed by atoms with van der Waals surface area (Å²) in [5, 5.41) is 0. The van der Waals surface area contributed by atoms with Crippen LogP contribution < -0.4 is 29.6 Å². The molecule has 2 nitrogen and oxygen atoms in total. The Balaban J connectivity index is 0.000000845. The Morgan fingerprint density at radius 1 is 1.23 bits per heavy atom. The van der Waals surface area contributed by atoms with Crippen molar-refractivity contribution in [1.29, 1.82) is 0 Å². The van der Waals surface area contributed by atoms with E-state index in [1.54, 1.807) is 6.20 Å². The molecule has 0 bridgehead atoms. The fraction of sp³-hybridized carbons (Fsp3) is 0. The summed E-state index contributed by atoms with van der Waals surface area (Å²) in [5.74, 6) is 0.794. The molecule has 1 aromatic heterocycles. The van der Waals surface area contributed by atoms with Crippen molar-refractivity contribution in [2.45, 2.75) is 0 Å². The number of hydrogen-bond donors (Lipinski definition) is 0. The van der Waals surface area contributed by atoms with Crippen molar-refractivity contribution in [3.05, 3.63) is 41.3 Å². The summed E-state index contributed by atoms with van der Waals surface area (Å²) in [7, 11) is 0. The van der Waals surface area contributed by atoms with E-state index in [9.17, 15) is 0 Å². The van der Waals surface area contributed by atoms with Crippen molar-refractivity contribution in [3.63, 3.8) is 0 Å². The van der Waals surface area contributed by atoms with Gasteiger partial charge in [0.15, 0.2) is 12.2 Å². The third-order valence-corrected chi connectivity index (χ3v) is 2.09. The number of nitrogens with zero attached hydrogens (tertiary/aromatic N) is 1. The molecular weight excluding hydrogens is 241 g/mol. The molecule has 0 fully saturated rings. The molecule has 2 rings (SSSR count). The molecule has 0 unspecified atom stereocenters. The second kappa shape index (κ2) is 4.96. The van der Waals surface area contributed by atoms with Crippen LogP contribution in [0.3, 0.4) is 0 Å². The van der Waals surface area contributed by atoms with Gasteiger partial charge in [0, 0.05) is 10.0 Å². The Morgan fingerprint density at radius 2 is 1.92 bits per heavy atom. The fourth-order valence-corrected chi connectivity index (χ4v) is 1.24. The molecule has 0 aliphatic carbocycles. The van der Waals surface area contributed by atoms with Gasteiger partial charge in [0.1, 0.15) is 0 Å². The zero-order valence-corrected chi connectivity index (χ0v) is 10.8. The van der Waals surface area contributed by atoms with Crippen molar-refractivity contribution in [1.82, 2.24) is 4.98 Å². The largest absolute Gasteiger partial charge is 1.00 e. The maximum atomic E-state index is 5.13. The fourth-order valence-electron chi connectivity index (χ4n) is 0.972. The molecule has 0 amide bonds. The van der Waals surface area contributed by atoms with Gasteiger partial charge in [0.05, 0.1) is 6.20 Å². The van der Waals surface area contributed by atoms with Crippen molar-refractivity contribution in [3.8, 4) is 11.3 Å². The number of hydrogen-bond acceptors (Lipinski definition) is 2. The third-order valence-electron chi connectivity index (χ3n) is 1.56. The summed E-state index contributed by atoms with van der Waals surface area (Å²) in [6, 6.07) is 7.89. The minimum absolute atomic E-state index is 0. The first-order chi connectivity index (χ1) is 5.86. The summed E-state index contributed by atoms with van der Waals surface area (Å²) in [5.41, 5.74) is 1.04. The van der Waals surface area contributed by atoms with Crippen LogP contribution in [-0.2, 0) is 0 Å². The Morgan fingerprint density at radius 3 is 2.46 bits per heavy atom. The SMILES string of the molecule is Brc1ccc(-c2cnco2)cc1.[H-].[Na+]. The zero-order chi connectivity index (χ0) is 8.39. The molecule has 0 aliphatic heterocycles. The number of rotatable bonds is 1. The van der Waals surface area contributed by atoms with E-state index in [0.29, 0.717) is 0 Å². The van der Waals surface area contributed by atoms with Gasteiger partial charge in [0.2, 0.25) is 0 Å². The van der Waals surface area contributed by atoms with Crippen LogP contribution in [0.2, 0.25) is 0 Å². The standard InChI is InChI=1S/C9H6BrNO.Na.H/c10-8-3-1-7(2-4-8)9-5-11-6-12-9;;/h1-6H;;/q;+1;-1. The molecule has 0 saturated carbocycles. The maximum Gasteiger partial charge on any atom is 1.00 e. The molecule has 0 saturated heterocycles. The summed E-state index contributed by atoms with van der Waals surface area (Å²) in [6.07, 6.45) is 3.13. The molecule has 62 valence electrons. The Labute approximate surface area is 108 Å². The molecule has 0 spiro atoms. The quantitative estimate of drug-likeness (QED) is 0.675. The maximum absolute atomic E-state index is 5.13. The predicted molar refractivity (Wildman–Crippen MR) is 50.8 cm³/mol. The number of halogens is 1. The second-order valence-electron chi connectivity index (χ2n) is 2.37. The first kappa shape index (κ1) is 11.0. The molecule has 13 heavy (non-hydrogen) atoms. The molecule has 4 heteroatoms. The van der Waals surface area contributed by atoms with Crippen LogP contribution in [0.15, 0.2) is 45.7 Å². The molecule has 0 aliphatic rings. The van der Waals surface area contributed by atoms with E-state index in [1.165, 1.54) is 6.39 Å². The van der Waals surface area contributed by atoms with Gasteiger partial charge in [-0.25, -0.2) is 4.98 Å². The zero-order valence-electron chi connectivity index (χ0n) is 8.20. The minimum Gasteiger partial charge on any atom is -1.00 e. The van der Waals surface area contributed by atoms with Crippen molar-refractivity contribution < 1.29 is 35.4 Å². The van der Waals surface area contributed by atoms with Crippen molar-refractivity contribution >= 4 is 15.9 Å². The van der Waals surface area contributed by atoms with Gasteiger partial charge in [-0.05, 0) is 12.1 Å². The van der Waals surface area contributed by atoms with E-state index in [-0.39, 0.29) is 31.0 Å². The Bertz CT molecular complexity index is 363. The van der Waals surface area contributed by atoms with E-state index in [4.69, 9.17) is 4.42 Å². The summed E-state index contributed by atoms with van der Waals surface area (Å²) >= 11 is 3.36. The van der Waals surface area contributed by atoms with E-state index >= 15 is 0 Å². The molecular formula is C9H7BrNNaO. The van der Waals surface area contributed by atoms with E-state index in [2.05, 4.69) is 20.9 Å². The van der Waals surface area contributed by atoms with Crippen LogP contribution >= 0.6 is 15.9 Å². The van der Waals surface area contributed by atoms with Gasteiger partial charge in [-0.2, -0.15) is 0 Å². The van der Waals surface area contributed by atoms with Gasteiger partial charge in [-0.15, -0.1) is 0 Å². The van der Waals surface area contributed by atoms with Gasteiger partial charge < -0.3 is 5.84 Å². The van der Waals surface area contributed by atoms with Gasteiger partial charge in [-0.1, -0.05) is 28.1 Å². The average molecular weight is 248 g/mol. The van der Waals surface area contributed by atoms with E-state index < -0.39 is 0 Å². The molecule has 0 radical (unpaired) electrons. The molecule has 2 aromatic rings. The minimum atomic E-state index is 0. The van der Waals surface area contributed by atoms with Crippen molar-refractivity contribution in [2.24, 2.45) is 0 Å². The predicted octanol–water partition coefficient (Wildman–Crippen LogP) is 0.221. The number of benzene rings is 1. The second-order valence-corrected chi connectivity index (χ2v) is 3.29. The summed E-state index contributed by atoms with van der Waals surface area (Å²) < 4.78 is 6.19. The third kappa shape index (κ3) is 2.68. The molecule has 1 heterocycles. The van der Waals surface area contributed by atoms with Crippen LogP contribution in [0.25, 0.3) is 11.3 Å². The first-order valence-electron chi connectivity index (χ1n) is 3.51. The topological polar surface area (TPSA) is 26.0 Å². The smallest absolute Gasteiger partial charge is 1.00 e. The van der Waals surface area contributed by atoms with Crippen molar-refractivity contribution in [2.75, 3.05) is 0 Å². The van der Waals surface area contributed by atoms with E-state index in [1.807, 2.05) is 24.3 Å². The average Bonchev–Trinajstić information content (AvgIpc) is 2.58. The summed E-state index contributed by atoms with van der Waals surface area (Å²) in [4.78, 5) is 3.84. The number of aromatic nitrogens is 1. The molecule has 0 N–H and O–H groups in total. The Kier molecular flexibility index (Phi) is 4.19. The Hall–Kier alpha value is -0.0900. The monoisotopic (exact) mass is 247 g/mol. The number of oxazole rings is 1. The normalized spacial score (nSPS) is 9.31. The van der Waals surface area contributed by atoms with Gasteiger partial charge in [-0.3, -0.25) is 0 Å². The van der Waals surface area contributed by atoms with Crippen LogP contribution in [-0.4, -0.2) is 4.98 Å². The van der Waals surface area contributed by atoms with Gasteiger partial charge >= 0.3 is 29.6 Å². The van der Waals surface area contributed by atoms with Crippen LogP contribution in [0.5, 0.6) is 0 Å².